The van der Waals surface area contributed by atoms with Crippen molar-refractivity contribution in [3.05, 3.63) is 29.8 Å². The Kier molecular flexibility index (Phi) is 4.69. The Bertz CT molecular complexity index is 506. The fourth-order valence-corrected chi connectivity index (χ4v) is 3.59. The van der Waals surface area contributed by atoms with Gasteiger partial charge in [-0.15, -0.1) is 0 Å². The van der Waals surface area contributed by atoms with Crippen molar-refractivity contribution in [3.8, 4) is 0 Å². The maximum atomic E-state index is 11.5. The highest BCUT2D eigenvalue weighted by Crippen LogP contribution is 2.29. The molecule has 1 saturated carbocycles. The quantitative estimate of drug-likeness (QED) is 0.793. The molecule has 0 amide bonds. The summed E-state index contributed by atoms with van der Waals surface area (Å²) < 4.78 is 0. The Labute approximate surface area is 127 Å². The zero-order chi connectivity index (χ0) is 14.5. The van der Waals surface area contributed by atoms with Gasteiger partial charge in [-0.05, 0) is 18.4 Å². The highest BCUT2D eigenvalue weighted by Gasteiger charge is 2.23. The monoisotopic (exact) mass is 284 g/mol. The molecule has 21 heavy (non-hydrogen) atoms. The third-order valence-electron chi connectivity index (χ3n) is 4.83. The zero-order valence-corrected chi connectivity index (χ0v) is 12.6. The minimum absolute atomic E-state index is 0.117. The highest BCUT2D eigenvalue weighted by atomic mass is 16.1. The summed E-state index contributed by atoms with van der Waals surface area (Å²) in [7, 11) is 0. The van der Waals surface area contributed by atoms with Gasteiger partial charge in [-0.2, -0.15) is 0 Å². The standard InChI is InChI=1S/C18H24N2O/c21-14-17-13-19-12-16-8-4-5-9-18(16)20(17)11-10-15-6-2-1-3-7-15/h4-5,8-9,12,14-15,17H,1-3,6-7,10-11,13H2. The third kappa shape index (κ3) is 3.34. The summed E-state index contributed by atoms with van der Waals surface area (Å²) in [5.74, 6) is 0.836. The van der Waals surface area contributed by atoms with Crippen molar-refractivity contribution >= 4 is 18.2 Å². The van der Waals surface area contributed by atoms with E-state index in [4.69, 9.17) is 0 Å². The molecule has 1 aromatic carbocycles. The first kappa shape index (κ1) is 14.3. The van der Waals surface area contributed by atoms with Crippen molar-refractivity contribution < 1.29 is 4.79 Å². The van der Waals surface area contributed by atoms with Crippen LogP contribution in [-0.4, -0.2) is 31.6 Å². The molecule has 1 aliphatic heterocycles. The topological polar surface area (TPSA) is 32.7 Å². The van der Waals surface area contributed by atoms with E-state index in [2.05, 4.69) is 22.0 Å². The number of hydrogen-bond acceptors (Lipinski definition) is 3. The molecule has 3 rings (SSSR count). The second kappa shape index (κ2) is 6.88. The molecular formula is C18H24N2O. The van der Waals surface area contributed by atoms with Crippen molar-refractivity contribution in [2.75, 3.05) is 18.0 Å². The Balaban J connectivity index is 1.75. The van der Waals surface area contributed by atoms with Crippen LogP contribution >= 0.6 is 0 Å². The Morgan fingerprint density at radius 2 is 2.00 bits per heavy atom. The van der Waals surface area contributed by atoms with Crippen molar-refractivity contribution in [3.63, 3.8) is 0 Å². The molecule has 0 bridgehead atoms. The lowest BCUT2D eigenvalue weighted by molar-refractivity contribution is -0.108. The van der Waals surface area contributed by atoms with Gasteiger partial charge in [-0.25, -0.2) is 0 Å². The molecule has 0 spiro atoms. The van der Waals surface area contributed by atoms with Gasteiger partial charge in [0.15, 0.2) is 0 Å². The number of aldehydes is 1. The summed E-state index contributed by atoms with van der Waals surface area (Å²) in [5.41, 5.74) is 2.29. The lowest BCUT2D eigenvalue weighted by Crippen LogP contribution is -2.40. The van der Waals surface area contributed by atoms with Crippen LogP contribution in [0.2, 0.25) is 0 Å². The lowest BCUT2D eigenvalue weighted by atomic mass is 9.87. The number of para-hydroxylation sites is 1. The highest BCUT2D eigenvalue weighted by molar-refractivity contribution is 5.90. The molecule has 112 valence electrons. The van der Waals surface area contributed by atoms with Crippen LogP contribution in [0.3, 0.4) is 0 Å². The molecular weight excluding hydrogens is 260 g/mol. The average molecular weight is 284 g/mol. The summed E-state index contributed by atoms with van der Waals surface area (Å²) in [6, 6.07) is 8.16. The summed E-state index contributed by atoms with van der Waals surface area (Å²) in [5, 5.41) is 0. The SMILES string of the molecule is O=CC1CN=Cc2ccccc2N1CCC1CCCCC1. The molecule has 1 heterocycles. The number of rotatable bonds is 4. The van der Waals surface area contributed by atoms with Gasteiger partial charge in [-0.3, -0.25) is 4.99 Å². The number of hydrogen-bond donors (Lipinski definition) is 0. The number of nitrogens with zero attached hydrogens (tertiary/aromatic N) is 2. The molecule has 3 heteroatoms. The minimum Gasteiger partial charge on any atom is -0.359 e. The Morgan fingerprint density at radius 1 is 1.19 bits per heavy atom. The van der Waals surface area contributed by atoms with Crippen LogP contribution < -0.4 is 4.90 Å². The maximum absolute atomic E-state index is 11.5. The maximum Gasteiger partial charge on any atom is 0.144 e. The van der Waals surface area contributed by atoms with Crippen LogP contribution in [0.25, 0.3) is 0 Å². The normalized spacial score (nSPS) is 22.7. The van der Waals surface area contributed by atoms with E-state index in [9.17, 15) is 4.79 Å². The number of anilines is 1. The van der Waals surface area contributed by atoms with Gasteiger partial charge in [0, 0.05) is 24.0 Å². The van der Waals surface area contributed by atoms with Crippen LogP contribution in [-0.2, 0) is 4.79 Å². The van der Waals surface area contributed by atoms with E-state index < -0.39 is 0 Å². The molecule has 0 aromatic heterocycles. The van der Waals surface area contributed by atoms with Crippen molar-refractivity contribution in [1.29, 1.82) is 0 Å². The number of benzene rings is 1. The predicted molar refractivity (Wildman–Crippen MR) is 87.3 cm³/mol. The third-order valence-corrected chi connectivity index (χ3v) is 4.83. The number of carbonyl (C=O) groups excluding carboxylic acids is 1. The largest absolute Gasteiger partial charge is 0.359 e. The van der Waals surface area contributed by atoms with E-state index in [1.165, 1.54) is 38.5 Å². The first-order valence-corrected chi connectivity index (χ1v) is 8.19. The summed E-state index contributed by atoms with van der Waals surface area (Å²) in [6.45, 7) is 1.54. The molecule has 1 atom stereocenters. The van der Waals surface area contributed by atoms with Gasteiger partial charge in [0.1, 0.15) is 12.3 Å². The number of aliphatic imine (C=N–C) groups is 1. The van der Waals surface area contributed by atoms with Gasteiger partial charge in [0.25, 0.3) is 0 Å². The summed E-state index contributed by atoms with van der Waals surface area (Å²) in [4.78, 5) is 18.1. The number of carbonyl (C=O) groups is 1. The molecule has 1 fully saturated rings. The lowest BCUT2D eigenvalue weighted by Gasteiger charge is -2.31. The Hall–Kier alpha value is -1.64. The van der Waals surface area contributed by atoms with Gasteiger partial charge in [-0.1, -0.05) is 50.3 Å². The molecule has 3 nitrogen and oxygen atoms in total. The van der Waals surface area contributed by atoms with Gasteiger partial charge < -0.3 is 9.69 Å². The fourth-order valence-electron chi connectivity index (χ4n) is 3.59. The van der Waals surface area contributed by atoms with Crippen LogP contribution in [0.4, 0.5) is 5.69 Å². The van der Waals surface area contributed by atoms with Crippen LogP contribution in [0.15, 0.2) is 29.3 Å². The zero-order valence-electron chi connectivity index (χ0n) is 12.6. The molecule has 1 unspecified atom stereocenters. The van der Waals surface area contributed by atoms with E-state index in [1.807, 2.05) is 18.3 Å². The molecule has 2 aliphatic rings. The second-order valence-corrected chi connectivity index (χ2v) is 6.24. The molecule has 0 N–H and O–H groups in total. The van der Waals surface area contributed by atoms with Gasteiger partial charge >= 0.3 is 0 Å². The van der Waals surface area contributed by atoms with Crippen molar-refractivity contribution in [2.45, 2.75) is 44.6 Å². The van der Waals surface area contributed by atoms with E-state index in [-0.39, 0.29) is 6.04 Å². The number of benzodiazepines with no additional fused rings is 1. The van der Waals surface area contributed by atoms with Gasteiger partial charge in [0.05, 0.1) is 6.54 Å². The summed E-state index contributed by atoms with van der Waals surface area (Å²) >= 11 is 0. The predicted octanol–water partition coefficient (Wildman–Crippen LogP) is 3.46. The van der Waals surface area contributed by atoms with Crippen LogP contribution in [0.1, 0.15) is 44.1 Å². The fraction of sp³-hybridized carbons (Fsp3) is 0.556. The first-order chi connectivity index (χ1) is 10.4. The Morgan fingerprint density at radius 3 is 2.81 bits per heavy atom. The van der Waals surface area contributed by atoms with Crippen molar-refractivity contribution in [1.82, 2.24) is 0 Å². The second-order valence-electron chi connectivity index (χ2n) is 6.24. The average Bonchev–Trinajstić information content (AvgIpc) is 2.73. The van der Waals surface area contributed by atoms with E-state index in [0.29, 0.717) is 6.54 Å². The van der Waals surface area contributed by atoms with E-state index >= 15 is 0 Å². The molecule has 1 aliphatic carbocycles. The molecule has 0 saturated heterocycles. The smallest absolute Gasteiger partial charge is 0.144 e. The number of fused-ring (bicyclic) bond motifs is 1. The molecule has 0 radical (unpaired) electrons. The van der Waals surface area contributed by atoms with Crippen LogP contribution in [0, 0.1) is 5.92 Å². The van der Waals surface area contributed by atoms with E-state index in [0.717, 1.165) is 30.0 Å². The molecule has 1 aromatic rings. The first-order valence-electron chi connectivity index (χ1n) is 8.19. The minimum atomic E-state index is -0.117. The van der Waals surface area contributed by atoms with Gasteiger partial charge in [0.2, 0.25) is 0 Å². The summed E-state index contributed by atoms with van der Waals surface area (Å²) in [6.07, 6.45) is 11.0. The van der Waals surface area contributed by atoms with E-state index in [1.54, 1.807) is 0 Å². The van der Waals surface area contributed by atoms with Crippen LogP contribution in [0.5, 0.6) is 0 Å². The van der Waals surface area contributed by atoms with Crippen molar-refractivity contribution in [2.24, 2.45) is 10.9 Å².